The van der Waals surface area contributed by atoms with E-state index in [2.05, 4.69) is 4.98 Å². The summed E-state index contributed by atoms with van der Waals surface area (Å²) in [5.41, 5.74) is 1.43. The number of nitrogens with one attached hydrogen (secondary N) is 1. The van der Waals surface area contributed by atoms with Crippen LogP contribution in [-0.2, 0) is 21.3 Å². The maximum absolute atomic E-state index is 12.8. The predicted molar refractivity (Wildman–Crippen MR) is 117 cm³/mol. The quantitative estimate of drug-likeness (QED) is 0.428. The molecule has 31 heavy (non-hydrogen) atoms. The highest BCUT2D eigenvalue weighted by Crippen LogP contribution is 2.28. The first-order valence-corrected chi connectivity index (χ1v) is 11.8. The minimum absolute atomic E-state index is 0.0714. The molecule has 0 bridgehead atoms. The summed E-state index contributed by atoms with van der Waals surface area (Å²) >= 11 is 6.12. The standard InChI is InChI=1S/C21H22ClN3O5S/c22-16-9-8-15(14-19(16)31(28,29)24-10-3-4-11-24)20(26)30-13-5-12-25-18-7-2-1-6-17(18)23-21(25)27/h1-2,6-9,14H,3-5,10-13H2,(H,23,27). The van der Waals surface area contributed by atoms with Crippen LogP contribution in [0.4, 0.5) is 0 Å². The van der Waals surface area contributed by atoms with Gasteiger partial charge in [0.25, 0.3) is 0 Å². The fraction of sp³-hybridized carbons (Fsp3) is 0.333. The summed E-state index contributed by atoms with van der Waals surface area (Å²) in [6, 6.07) is 11.5. The summed E-state index contributed by atoms with van der Waals surface area (Å²) in [6.07, 6.45) is 2.04. The zero-order valence-corrected chi connectivity index (χ0v) is 18.3. The maximum atomic E-state index is 12.8. The molecule has 2 heterocycles. The molecule has 2 aromatic carbocycles. The number of carbonyl (C=O) groups excluding carboxylic acids is 1. The predicted octanol–water partition coefficient (Wildman–Crippen LogP) is 3.01. The molecule has 164 valence electrons. The largest absolute Gasteiger partial charge is 0.462 e. The Bertz CT molecular complexity index is 1280. The molecule has 0 aliphatic carbocycles. The number of hydrogen-bond donors (Lipinski definition) is 1. The van der Waals surface area contributed by atoms with E-state index in [4.69, 9.17) is 16.3 Å². The third kappa shape index (κ3) is 4.39. The van der Waals surface area contributed by atoms with Gasteiger partial charge in [0.2, 0.25) is 10.0 Å². The summed E-state index contributed by atoms with van der Waals surface area (Å²) in [7, 11) is -3.75. The van der Waals surface area contributed by atoms with Gasteiger partial charge in [-0.05, 0) is 49.6 Å². The van der Waals surface area contributed by atoms with Gasteiger partial charge in [0.05, 0.1) is 28.2 Å². The van der Waals surface area contributed by atoms with Crippen molar-refractivity contribution in [2.24, 2.45) is 0 Å². The van der Waals surface area contributed by atoms with Crippen molar-refractivity contribution < 1.29 is 17.9 Å². The van der Waals surface area contributed by atoms with Crippen LogP contribution in [0, 0.1) is 0 Å². The third-order valence-corrected chi connectivity index (χ3v) is 7.67. The Labute approximate surface area is 184 Å². The number of fused-ring (bicyclic) bond motifs is 1. The molecule has 1 saturated heterocycles. The van der Waals surface area contributed by atoms with Crippen LogP contribution in [0.15, 0.2) is 52.2 Å². The number of aryl methyl sites for hydroxylation is 1. The normalized spacial score (nSPS) is 14.9. The smallest absolute Gasteiger partial charge is 0.338 e. The minimum atomic E-state index is -3.75. The number of H-pyrrole nitrogens is 1. The number of sulfonamides is 1. The van der Waals surface area contributed by atoms with E-state index in [-0.39, 0.29) is 27.8 Å². The van der Waals surface area contributed by atoms with Crippen LogP contribution in [0.2, 0.25) is 5.02 Å². The second kappa shape index (κ2) is 8.86. The van der Waals surface area contributed by atoms with Crippen LogP contribution in [0.1, 0.15) is 29.6 Å². The molecule has 8 nitrogen and oxygen atoms in total. The maximum Gasteiger partial charge on any atom is 0.338 e. The molecule has 1 fully saturated rings. The molecule has 1 aromatic heterocycles. The third-order valence-electron chi connectivity index (χ3n) is 5.29. The fourth-order valence-electron chi connectivity index (χ4n) is 3.70. The number of nitrogens with zero attached hydrogens (tertiary/aromatic N) is 2. The Kier molecular flexibility index (Phi) is 6.17. The molecule has 0 radical (unpaired) electrons. The van der Waals surface area contributed by atoms with Crippen LogP contribution in [0.3, 0.4) is 0 Å². The summed E-state index contributed by atoms with van der Waals surface area (Å²) in [5.74, 6) is -0.638. The van der Waals surface area contributed by atoms with Gasteiger partial charge in [-0.25, -0.2) is 18.0 Å². The second-order valence-corrected chi connectivity index (χ2v) is 9.66. The molecule has 0 amide bonds. The highest BCUT2D eigenvalue weighted by Gasteiger charge is 2.30. The number of rotatable bonds is 7. The van der Waals surface area contributed by atoms with E-state index < -0.39 is 16.0 Å². The van der Waals surface area contributed by atoms with Crippen molar-refractivity contribution in [3.8, 4) is 0 Å². The number of halogens is 1. The van der Waals surface area contributed by atoms with Crippen molar-refractivity contribution in [2.75, 3.05) is 19.7 Å². The van der Waals surface area contributed by atoms with Crippen molar-refractivity contribution in [3.05, 3.63) is 63.5 Å². The van der Waals surface area contributed by atoms with Crippen molar-refractivity contribution in [2.45, 2.75) is 30.7 Å². The van der Waals surface area contributed by atoms with E-state index >= 15 is 0 Å². The summed E-state index contributed by atoms with van der Waals surface area (Å²) in [4.78, 5) is 27.2. The average molecular weight is 464 g/mol. The van der Waals surface area contributed by atoms with Gasteiger partial charge in [0.15, 0.2) is 0 Å². The lowest BCUT2D eigenvalue weighted by molar-refractivity contribution is 0.0496. The average Bonchev–Trinajstić information content (AvgIpc) is 3.40. The van der Waals surface area contributed by atoms with Gasteiger partial charge >= 0.3 is 11.7 Å². The molecule has 1 N–H and O–H groups in total. The molecule has 0 spiro atoms. The van der Waals surface area contributed by atoms with Crippen molar-refractivity contribution in [1.82, 2.24) is 13.9 Å². The molecule has 10 heteroatoms. The van der Waals surface area contributed by atoms with Gasteiger partial charge < -0.3 is 9.72 Å². The highest BCUT2D eigenvalue weighted by atomic mass is 35.5. The van der Waals surface area contributed by atoms with E-state index in [0.717, 1.165) is 23.9 Å². The Hall–Kier alpha value is -2.62. The molecular formula is C21H22ClN3O5S. The van der Waals surface area contributed by atoms with Gasteiger partial charge in [-0.15, -0.1) is 0 Å². The zero-order valence-electron chi connectivity index (χ0n) is 16.7. The summed E-state index contributed by atoms with van der Waals surface area (Å²) < 4.78 is 33.9. The Morgan fingerprint density at radius 3 is 2.65 bits per heavy atom. The van der Waals surface area contributed by atoms with Gasteiger partial charge in [-0.2, -0.15) is 4.31 Å². The molecule has 0 atom stereocenters. The van der Waals surface area contributed by atoms with Crippen LogP contribution >= 0.6 is 11.6 Å². The van der Waals surface area contributed by atoms with E-state index in [1.807, 2.05) is 24.3 Å². The van der Waals surface area contributed by atoms with Crippen LogP contribution in [0.25, 0.3) is 11.0 Å². The first kappa shape index (κ1) is 21.6. The first-order valence-electron chi connectivity index (χ1n) is 10.0. The highest BCUT2D eigenvalue weighted by molar-refractivity contribution is 7.89. The number of benzene rings is 2. The number of imidazole rings is 1. The van der Waals surface area contributed by atoms with Crippen molar-refractivity contribution >= 4 is 38.6 Å². The number of para-hydroxylation sites is 2. The SMILES string of the molecule is O=C(OCCCn1c(=O)[nH]c2ccccc21)c1ccc(Cl)c(S(=O)(=O)N2CCCC2)c1. The molecule has 3 aromatic rings. The molecule has 0 unspecified atom stereocenters. The number of ether oxygens (including phenoxy) is 1. The Balaban J connectivity index is 1.41. The van der Waals surface area contributed by atoms with Crippen LogP contribution < -0.4 is 5.69 Å². The van der Waals surface area contributed by atoms with Crippen LogP contribution in [0.5, 0.6) is 0 Å². The topological polar surface area (TPSA) is 101 Å². The van der Waals surface area contributed by atoms with Crippen LogP contribution in [-0.4, -0.2) is 47.9 Å². The molecule has 4 rings (SSSR count). The monoisotopic (exact) mass is 463 g/mol. The number of aromatic amines is 1. The van der Waals surface area contributed by atoms with Gasteiger partial charge in [-0.1, -0.05) is 23.7 Å². The number of esters is 1. The van der Waals surface area contributed by atoms with Gasteiger partial charge in [0.1, 0.15) is 4.90 Å². The molecule has 1 aliphatic heterocycles. The summed E-state index contributed by atoms with van der Waals surface area (Å²) in [6.45, 7) is 1.36. The number of carbonyl (C=O) groups is 1. The van der Waals surface area contributed by atoms with Crippen molar-refractivity contribution in [1.29, 1.82) is 0 Å². The summed E-state index contributed by atoms with van der Waals surface area (Å²) in [5, 5.41) is 0.0714. The molecule has 1 aliphatic rings. The second-order valence-electron chi connectivity index (χ2n) is 7.34. The molecular weight excluding hydrogens is 442 g/mol. The van der Waals surface area contributed by atoms with E-state index in [1.165, 1.54) is 22.5 Å². The van der Waals surface area contributed by atoms with Gasteiger partial charge in [0, 0.05) is 19.6 Å². The lowest BCUT2D eigenvalue weighted by atomic mass is 10.2. The molecule has 0 saturated carbocycles. The lowest BCUT2D eigenvalue weighted by Gasteiger charge is -2.17. The van der Waals surface area contributed by atoms with Crippen molar-refractivity contribution in [3.63, 3.8) is 0 Å². The fourth-order valence-corrected chi connectivity index (χ4v) is 5.71. The Morgan fingerprint density at radius 1 is 1.13 bits per heavy atom. The number of aromatic nitrogens is 2. The lowest BCUT2D eigenvalue weighted by Crippen LogP contribution is -2.28. The Morgan fingerprint density at radius 2 is 1.87 bits per heavy atom. The van der Waals surface area contributed by atoms with E-state index in [9.17, 15) is 18.0 Å². The van der Waals surface area contributed by atoms with E-state index in [1.54, 1.807) is 4.57 Å². The van der Waals surface area contributed by atoms with E-state index in [0.29, 0.717) is 26.1 Å². The number of hydrogen-bond acceptors (Lipinski definition) is 5. The van der Waals surface area contributed by atoms with Gasteiger partial charge in [-0.3, -0.25) is 4.57 Å². The minimum Gasteiger partial charge on any atom is -0.462 e. The zero-order chi connectivity index (χ0) is 22.0. The first-order chi connectivity index (χ1) is 14.9.